The number of guanidine groups is 1. The molecule has 1 aliphatic rings. The summed E-state index contributed by atoms with van der Waals surface area (Å²) in [5.74, 6) is 0.443. The van der Waals surface area contributed by atoms with Gasteiger partial charge in [0.05, 0.1) is 0 Å². The maximum atomic E-state index is 13.3. The number of aryl methyl sites for hydroxylation is 1. The summed E-state index contributed by atoms with van der Waals surface area (Å²) >= 11 is 10.5. The first-order valence-corrected chi connectivity index (χ1v) is 12.5. The van der Waals surface area contributed by atoms with Crippen molar-refractivity contribution in [3.05, 3.63) is 94.5 Å². The summed E-state index contributed by atoms with van der Waals surface area (Å²) in [6.45, 7) is 4.29. The lowest BCUT2D eigenvalue weighted by Gasteiger charge is -2.23. The fourth-order valence-corrected chi connectivity index (χ4v) is 5.64. The van der Waals surface area contributed by atoms with Gasteiger partial charge in [0.1, 0.15) is 4.90 Å². The van der Waals surface area contributed by atoms with Crippen LogP contribution in [0.4, 0.5) is 0 Å². The van der Waals surface area contributed by atoms with Gasteiger partial charge in [-0.2, -0.15) is 8.42 Å². The number of hydrogen-bond donors (Lipinski definition) is 1. The minimum Gasteiger partial charge on any atom is -0.336 e. The molecule has 166 valence electrons. The van der Waals surface area contributed by atoms with Crippen molar-refractivity contribution in [2.24, 2.45) is 4.40 Å². The molecule has 32 heavy (non-hydrogen) atoms. The molecule has 0 saturated carbocycles. The molecule has 0 unspecified atom stereocenters. The van der Waals surface area contributed by atoms with Crippen LogP contribution >= 0.6 is 24.2 Å². The summed E-state index contributed by atoms with van der Waals surface area (Å²) in [5, 5.41) is 0.471. The van der Waals surface area contributed by atoms with E-state index < -0.39 is 10.0 Å². The van der Waals surface area contributed by atoms with Crippen LogP contribution < -0.4 is 0 Å². The molecule has 0 bridgehead atoms. The van der Waals surface area contributed by atoms with Gasteiger partial charge in [-0.15, -0.1) is 17.0 Å². The Labute approximate surface area is 199 Å². The van der Waals surface area contributed by atoms with Crippen LogP contribution in [-0.2, 0) is 23.1 Å². The van der Waals surface area contributed by atoms with E-state index in [1.807, 2.05) is 70.5 Å². The first-order valence-electron chi connectivity index (χ1n) is 10.3. The summed E-state index contributed by atoms with van der Waals surface area (Å²) in [4.78, 5) is 4.36. The summed E-state index contributed by atoms with van der Waals surface area (Å²) < 4.78 is 31.0. The fraction of sp³-hybridized carbons (Fsp3) is 0.208. The first kappa shape index (κ1) is 22.7. The predicted octanol–water partition coefficient (Wildman–Crippen LogP) is 5.00. The molecule has 0 aromatic heterocycles. The van der Waals surface area contributed by atoms with Crippen molar-refractivity contribution in [1.82, 2.24) is 9.80 Å². The van der Waals surface area contributed by atoms with E-state index in [1.54, 1.807) is 13.0 Å². The zero-order valence-electron chi connectivity index (χ0n) is 17.6. The molecule has 1 aliphatic heterocycles. The summed E-state index contributed by atoms with van der Waals surface area (Å²) in [6.07, 6.45) is 0. The molecule has 4 rings (SSSR count). The van der Waals surface area contributed by atoms with Gasteiger partial charge in [-0.3, -0.25) is 0 Å². The van der Waals surface area contributed by atoms with E-state index >= 15 is 0 Å². The van der Waals surface area contributed by atoms with Gasteiger partial charge in [0, 0.05) is 36.1 Å². The number of hydrogen-bond acceptors (Lipinski definition) is 3. The summed E-state index contributed by atoms with van der Waals surface area (Å²) in [7, 11) is -3.99. The molecule has 0 N–H and O–H groups in total. The molecule has 5 nitrogen and oxygen atoms in total. The largest absolute Gasteiger partial charge is 0.336 e. The second-order valence-corrected chi connectivity index (χ2v) is 10.2. The molecule has 0 radical (unpaired) electrons. The Kier molecular flexibility index (Phi) is 6.79. The molecule has 1 fully saturated rings. The highest BCUT2D eigenvalue weighted by Gasteiger charge is 2.30. The van der Waals surface area contributed by atoms with Crippen molar-refractivity contribution in [3.63, 3.8) is 0 Å². The third kappa shape index (κ3) is 5.11. The van der Waals surface area contributed by atoms with Crippen molar-refractivity contribution < 1.29 is 8.42 Å². The van der Waals surface area contributed by atoms with E-state index in [0.29, 0.717) is 42.7 Å². The summed E-state index contributed by atoms with van der Waals surface area (Å²) in [6, 6.07) is 23.0. The van der Waals surface area contributed by atoms with Crippen LogP contribution in [0.1, 0.15) is 16.7 Å². The molecule has 8 heteroatoms. The first-order chi connectivity index (χ1) is 15.3. The minimum atomic E-state index is -3.99. The lowest BCUT2D eigenvalue weighted by atomic mass is 10.2. The average molecular weight is 486 g/mol. The normalized spacial score (nSPS) is 14.2. The Hall–Kier alpha value is -2.48. The molecular formula is C24H24ClN3O2S2. The quantitative estimate of drug-likeness (QED) is 0.499. The van der Waals surface area contributed by atoms with Crippen LogP contribution in [0.25, 0.3) is 0 Å². The van der Waals surface area contributed by atoms with E-state index in [2.05, 4.69) is 17.0 Å². The average Bonchev–Trinajstić information content (AvgIpc) is 3.12. The minimum absolute atomic E-state index is 0.0569. The molecule has 1 heterocycles. The van der Waals surface area contributed by atoms with Gasteiger partial charge in [-0.1, -0.05) is 72.3 Å². The van der Waals surface area contributed by atoms with Gasteiger partial charge >= 0.3 is 0 Å². The molecular weight excluding hydrogens is 462 g/mol. The SMILES string of the molecule is Cc1cc(S(=O)(=O)N=C2N(Cc3ccccc3)CCN2Cc2ccccc2)c(S)cc1Cl. The maximum Gasteiger partial charge on any atom is 0.286 e. The Bertz CT molecular complexity index is 1180. The maximum absolute atomic E-state index is 13.3. The van der Waals surface area contributed by atoms with Crippen LogP contribution in [0.3, 0.4) is 0 Å². The van der Waals surface area contributed by atoms with E-state index in [0.717, 1.165) is 11.1 Å². The highest BCUT2D eigenvalue weighted by atomic mass is 35.5. The third-order valence-electron chi connectivity index (χ3n) is 5.36. The van der Waals surface area contributed by atoms with Crippen LogP contribution in [0.5, 0.6) is 0 Å². The molecule has 0 atom stereocenters. The monoisotopic (exact) mass is 485 g/mol. The second kappa shape index (κ2) is 9.57. The van der Waals surface area contributed by atoms with Gasteiger partial charge < -0.3 is 9.80 Å². The predicted molar refractivity (Wildman–Crippen MR) is 132 cm³/mol. The van der Waals surface area contributed by atoms with Crippen molar-refractivity contribution in [3.8, 4) is 0 Å². The molecule has 1 saturated heterocycles. The van der Waals surface area contributed by atoms with Crippen molar-refractivity contribution in [2.75, 3.05) is 13.1 Å². The number of benzene rings is 3. The fourth-order valence-electron chi connectivity index (χ4n) is 3.67. The topological polar surface area (TPSA) is 53.0 Å². The number of nitrogens with zero attached hydrogens (tertiary/aromatic N) is 3. The van der Waals surface area contributed by atoms with Gasteiger partial charge in [-0.05, 0) is 35.7 Å². The van der Waals surface area contributed by atoms with Gasteiger partial charge in [0.15, 0.2) is 0 Å². The second-order valence-electron chi connectivity index (χ2n) is 7.75. The van der Waals surface area contributed by atoms with E-state index in [1.165, 1.54) is 6.07 Å². The Morgan fingerprint density at radius 2 is 1.41 bits per heavy atom. The molecule has 0 aliphatic carbocycles. The van der Waals surface area contributed by atoms with Gasteiger partial charge in [-0.25, -0.2) is 0 Å². The van der Waals surface area contributed by atoms with Crippen molar-refractivity contribution in [2.45, 2.75) is 29.8 Å². The number of rotatable bonds is 6. The lowest BCUT2D eigenvalue weighted by Crippen LogP contribution is -2.34. The van der Waals surface area contributed by atoms with Crippen LogP contribution in [0.15, 0.2) is 87.0 Å². The number of sulfonamides is 1. The van der Waals surface area contributed by atoms with Crippen LogP contribution in [0, 0.1) is 6.92 Å². The van der Waals surface area contributed by atoms with E-state index in [9.17, 15) is 8.42 Å². The molecule has 0 spiro atoms. The van der Waals surface area contributed by atoms with Crippen molar-refractivity contribution in [1.29, 1.82) is 0 Å². The number of thiol groups is 1. The standard InChI is InChI=1S/C24H24ClN3O2S2/c1-18-14-23(22(31)15-21(18)25)32(29,30)26-24-27(16-19-8-4-2-5-9-19)12-13-28(24)17-20-10-6-3-7-11-20/h2-11,14-15,31H,12-13,16-17H2,1H3. The van der Waals surface area contributed by atoms with Gasteiger partial charge in [0.2, 0.25) is 5.96 Å². The Balaban J connectivity index is 1.72. The Morgan fingerprint density at radius 3 is 1.91 bits per heavy atom. The smallest absolute Gasteiger partial charge is 0.286 e. The Morgan fingerprint density at radius 1 is 0.906 bits per heavy atom. The van der Waals surface area contributed by atoms with E-state index in [-0.39, 0.29) is 9.79 Å². The molecule has 3 aromatic rings. The van der Waals surface area contributed by atoms with Crippen LogP contribution in [0.2, 0.25) is 5.02 Å². The zero-order valence-corrected chi connectivity index (χ0v) is 20.1. The van der Waals surface area contributed by atoms with E-state index in [4.69, 9.17) is 11.6 Å². The number of halogens is 1. The zero-order chi connectivity index (χ0) is 22.7. The summed E-state index contributed by atoms with van der Waals surface area (Å²) in [5.41, 5.74) is 2.85. The van der Waals surface area contributed by atoms with Crippen LogP contribution in [-0.4, -0.2) is 37.3 Å². The third-order valence-corrected chi connectivity index (χ3v) is 7.58. The van der Waals surface area contributed by atoms with Crippen molar-refractivity contribution >= 4 is 40.2 Å². The lowest BCUT2D eigenvalue weighted by molar-refractivity contribution is 0.456. The highest BCUT2D eigenvalue weighted by molar-refractivity contribution is 7.91. The molecule has 0 amide bonds. The molecule has 3 aromatic carbocycles. The van der Waals surface area contributed by atoms with Gasteiger partial charge in [0.25, 0.3) is 10.0 Å². The highest BCUT2D eigenvalue weighted by Crippen LogP contribution is 2.29.